The molecule has 0 bridgehead atoms. The van der Waals surface area contributed by atoms with Crippen LogP contribution in [-0.2, 0) is 16.1 Å². The van der Waals surface area contributed by atoms with E-state index in [-0.39, 0.29) is 31.3 Å². The van der Waals surface area contributed by atoms with Gasteiger partial charge in [-0.05, 0) is 43.5 Å². The molecule has 33 heavy (non-hydrogen) atoms. The molecule has 0 saturated carbocycles. The van der Waals surface area contributed by atoms with Gasteiger partial charge < -0.3 is 19.0 Å². The summed E-state index contributed by atoms with van der Waals surface area (Å²) in [7, 11) is 0. The van der Waals surface area contributed by atoms with Gasteiger partial charge in [-0.15, -0.1) is 0 Å². The van der Waals surface area contributed by atoms with Crippen molar-refractivity contribution in [1.29, 1.82) is 0 Å². The number of aryl methyl sites for hydroxylation is 1. The number of anilines is 1. The van der Waals surface area contributed by atoms with E-state index in [1.165, 1.54) is 4.57 Å². The van der Waals surface area contributed by atoms with Gasteiger partial charge in [0.2, 0.25) is 5.91 Å². The van der Waals surface area contributed by atoms with Crippen LogP contribution < -0.4 is 15.4 Å². The minimum absolute atomic E-state index is 0.0656. The number of piperidine rings is 1. The predicted octanol–water partition coefficient (Wildman–Crippen LogP) is 3.44. The van der Waals surface area contributed by atoms with Crippen molar-refractivity contribution < 1.29 is 18.7 Å². The molecule has 3 aromatic rings. The maximum atomic E-state index is 13.3. The van der Waals surface area contributed by atoms with Gasteiger partial charge in [0.05, 0.1) is 17.7 Å². The van der Waals surface area contributed by atoms with Crippen LogP contribution in [0, 0.1) is 0 Å². The van der Waals surface area contributed by atoms with Crippen LogP contribution in [0.5, 0.6) is 5.75 Å². The molecule has 8 nitrogen and oxygen atoms in total. The second-order valence-corrected chi connectivity index (χ2v) is 8.78. The number of para-hydroxylation sites is 2. The number of ether oxygens (including phenoxy) is 1. The molecule has 2 aromatic carbocycles. The molecule has 172 valence electrons. The summed E-state index contributed by atoms with van der Waals surface area (Å²) in [5, 5.41) is 0.466. The smallest absolute Gasteiger partial charge is 0.419 e. The van der Waals surface area contributed by atoms with Crippen molar-refractivity contribution >= 4 is 40.2 Å². The zero-order valence-corrected chi connectivity index (χ0v) is 18.8. The fourth-order valence-corrected chi connectivity index (χ4v) is 4.67. The summed E-state index contributed by atoms with van der Waals surface area (Å²) in [5.74, 6) is -0.318. The molecule has 1 unspecified atom stereocenters. The average molecular weight is 470 g/mol. The summed E-state index contributed by atoms with van der Waals surface area (Å²) in [6.45, 7) is 1.72. The highest BCUT2D eigenvalue weighted by atomic mass is 35.5. The van der Waals surface area contributed by atoms with E-state index in [0.29, 0.717) is 27.6 Å². The number of fused-ring (bicyclic) bond motifs is 2. The Morgan fingerprint density at radius 3 is 2.67 bits per heavy atom. The first-order chi connectivity index (χ1) is 16.0. The van der Waals surface area contributed by atoms with Crippen LogP contribution >= 0.6 is 11.6 Å². The molecule has 2 amide bonds. The molecule has 0 N–H and O–H groups in total. The first kappa shape index (κ1) is 21.6. The van der Waals surface area contributed by atoms with E-state index in [0.717, 1.165) is 32.4 Å². The van der Waals surface area contributed by atoms with E-state index in [9.17, 15) is 14.4 Å². The molecule has 0 aliphatic carbocycles. The predicted molar refractivity (Wildman–Crippen MR) is 124 cm³/mol. The largest absolute Gasteiger partial charge is 0.476 e. The second-order valence-electron chi connectivity index (χ2n) is 8.35. The van der Waals surface area contributed by atoms with Crippen LogP contribution in [0.4, 0.5) is 5.69 Å². The minimum atomic E-state index is -0.749. The Morgan fingerprint density at radius 1 is 1.06 bits per heavy atom. The van der Waals surface area contributed by atoms with Crippen LogP contribution in [0.15, 0.2) is 51.7 Å². The van der Waals surface area contributed by atoms with E-state index in [1.54, 1.807) is 35.2 Å². The van der Waals surface area contributed by atoms with Crippen LogP contribution in [0.3, 0.4) is 0 Å². The first-order valence-electron chi connectivity index (χ1n) is 11.1. The number of benzene rings is 2. The summed E-state index contributed by atoms with van der Waals surface area (Å²) >= 11 is 5.98. The van der Waals surface area contributed by atoms with Crippen molar-refractivity contribution in [2.45, 2.75) is 38.3 Å². The third-order valence-electron chi connectivity index (χ3n) is 6.20. The van der Waals surface area contributed by atoms with Gasteiger partial charge in [0.1, 0.15) is 5.75 Å². The van der Waals surface area contributed by atoms with Crippen molar-refractivity contribution in [1.82, 2.24) is 9.47 Å². The number of hydrogen-bond donors (Lipinski definition) is 0. The zero-order chi connectivity index (χ0) is 22.9. The lowest BCUT2D eigenvalue weighted by Gasteiger charge is -2.37. The van der Waals surface area contributed by atoms with Gasteiger partial charge in [0, 0.05) is 37.1 Å². The second kappa shape index (κ2) is 8.94. The minimum Gasteiger partial charge on any atom is -0.476 e. The fraction of sp³-hybridized carbons (Fsp3) is 0.375. The van der Waals surface area contributed by atoms with Gasteiger partial charge in [-0.3, -0.25) is 14.2 Å². The topological polar surface area (TPSA) is 85.0 Å². The highest BCUT2D eigenvalue weighted by Crippen LogP contribution is 2.34. The standard InChI is InChI=1S/C24H24ClN3O5/c25-16-8-9-18-20(14-16)33-24(31)27(18)13-10-22(29)28-15-21(23(30)26-11-4-1-5-12-26)32-19-7-3-2-6-17(19)28/h2-3,6-9,14,21H,1,4-5,10-13,15H2. The number of rotatable bonds is 4. The molecule has 3 heterocycles. The van der Waals surface area contributed by atoms with Crippen LogP contribution in [0.1, 0.15) is 25.7 Å². The highest BCUT2D eigenvalue weighted by molar-refractivity contribution is 6.31. The number of amides is 2. The third kappa shape index (κ3) is 4.23. The quantitative estimate of drug-likeness (QED) is 0.584. The number of carbonyl (C=O) groups excluding carboxylic acids is 2. The van der Waals surface area contributed by atoms with Gasteiger partial charge in [0.25, 0.3) is 5.91 Å². The number of likely N-dealkylation sites (tertiary alicyclic amines) is 1. The van der Waals surface area contributed by atoms with Gasteiger partial charge in [-0.25, -0.2) is 4.79 Å². The number of aromatic nitrogens is 1. The molecule has 0 radical (unpaired) electrons. The van der Waals surface area contributed by atoms with Crippen LogP contribution in [0.2, 0.25) is 5.02 Å². The number of nitrogens with zero attached hydrogens (tertiary/aromatic N) is 3. The lowest BCUT2D eigenvalue weighted by atomic mass is 10.1. The monoisotopic (exact) mass is 469 g/mol. The fourth-order valence-electron chi connectivity index (χ4n) is 4.51. The summed E-state index contributed by atoms with van der Waals surface area (Å²) < 4.78 is 12.7. The Balaban J connectivity index is 1.36. The molecular weight excluding hydrogens is 446 g/mol. The van der Waals surface area contributed by atoms with Crippen molar-refractivity contribution in [3.63, 3.8) is 0 Å². The molecule has 1 aromatic heterocycles. The van der Waals surface area contributed by atoms with Crippen LogP contribution in [0.25, 0.3) is 11.1 Å². The zero-order valence-electron chi connectivity index (χ0n) is 18.0. The summed E-state index contributed by atoms with van der Waals surface area (Å²) in [5.41, 5.74) is 1.59. The molecule has 1 fully saturated rings. The Labute approximate surface area is 195 Å². The lowest BCUT2D eigenvalue weighted by molar-refractivity contribution is -0.139. The normalized spacial score (nSPS) is 18.2. The van der Waals surface area contributed by atoms with E-state index >= 15 is 0 Å². The third-order valence-corrected chi connectivity index (χ3v) is 6.43. The number of carbonyl (C=O) groups is 2. The van der Waals surface area contributed by atoms with E-state index in [1.807, 2.05) is 17.0 Å². The molecule has 0 spiro atoms. The van der Waals surface area contributed by atoms with Gasteiger partial charge in [-0.2, -0.15) is 0 Å². The summed E-state index contributed by atoms with van der Waals surface area (Å²) in [4.78, 5) is 42.1. The Kier molecular flexibility index (Phi) is 5.85. The van der Waals surface area contributed by atoms with E-state index < -0.39 is 11.9 Å². The average Bonchev–Trinajstić information content (AvgIpc) is 3.15. The van der Waals surface area contributed by atoms with Crippen molar-refractivity contribution in [3.05, 3.63) is 58.0 Å². The summed E-state index contributed by atoms with van der Waals surface area (Å²) in [6, 6.07) is 12.2. The van der Waals surface area contributed by atoms with Gasteiger partial charge in [0.15, 0.2) is 11.7 Å². The Bertz CT molecular complexity index is 1260. The Hall–Kier alpha value is -3.26. The molecule has 2 aliphatic heterocycles. The lowest BCUT2D eigenvalue weighted by Crippen LogP contribution is -2.53. The highest BCUT2D eigenvalue weighted by Gasteiger charge is 2.36. The van der Waals surface area contributed by atoms with Gasteiger partial charge >= 0.3 is 5.76 Å². The van der Waals surface area contributed by atoms with Crippen LogP contribution in [-0.4, -0.2) is 47.0 Å². The number of hydrogen-bond acceptors (Lipinski definition) is 5. The molecule has 1 atom stereocenters. The SMILES string of the molecule is O=C(C1CN(C(=O)CCn2c(=O)oc3cc(Cl)ccc32)c2ccccc2O1)N1CCCCC1. The van der Waals surface area contributed by atoms with Crippen molar-refractivity contribution in [3.8, 4) is 5.75 Å². The summed E-state index contributed by atoms with van der Waals surface area (Å²) in [6.07, 6.45) is 2.40. The molecular formula is C24H24ClN3O5. The molecule has 5 rings (SSSR count). The number of oxazole rings is 1. The van der Waals surface area contributed by atoms with Gasteiger partial charge in [-0.1, -0.05) is 23.7 Å². The molecule has 2 aliphatic rings. The van der Waals surface area contributed by atoms with Crippen molar-refractivity contribution in [2.75, 3.05) is 24.5 Å². The number of halogens is 1. The maximum Gasteiger partial charge on any atom is 0.419 e. The molecule has 9 heteroatoms. The first-order valence-corrected chi connectivity index (χ1v) is 11.5. The Morgan fingerprint density at radius 2 is 1.85 bits per heavy atom. The van der Waals surface area contributed by atoms with E-state index in [4.69, 9.17) is 20.8 Å². The maximum absolute atomic E-state index is 13.3. The van der Waals surface area contributed by atoms with E-state index in [2.05, 4.69) is 0 Å². The van der Waals surface area contributed by atoms with Crippen molar-refractivity contribution in [2.24, 2.45) is 0 Å². The molecule has 1 saturated heterocycles.